The van der Waals surface area contributed by atoms with Crippen molar-refractivity contribution in [2.45, 2.75) is 6.54 Å². The van der Waals surface area contributed by atoms with Crippen LogP contribution in [0.1, 0.15) is 5.56 Å². The molecule has 110 valence electrons. The standard InChI is InChI=1S/C13H12FN3O3S/c14-10-7-17(13(19)16-12(10)18)4-5-20-9-3-1-2-8(6-9)11(15)21/h1-3,6-7H,4-5H2,(H2,15,21)(H,16,18,19). The number of thiocarbonyl (C=S) groups is 1. The maximum absolute atomic E-state index is 13.1. The van der Waals surface area contributed by atoms with Gasteiger partial charge in [0.15, 0.2) is 0 Å². The third kappa shape index (κ3) is 3.76. The Morgan fingerprint density at radius 2 is 2.19 bits per heavy atom. The van der Waals surface area contributed by atoms with Crippen molar-refractivity contribution in [3.8, 4) is 5.75 Å². The zero-order chi connectivity index (χ0) is 15.4. The van der Waals surface area contributed by atoms with Crippen LogP contribution in [0.15, 0.2) is 40.1 Å². The van der Waals surface area contributed by atoms with Gasteiger partial charge in [0.05, 0.1) is 12.7 Å². The summed E-state index contributed by atoms with van der Waals surface area (Å²) in [4.78, 5) is 24.4. The van der Waals surface area contributed by atoms with Crippen molar-refractivity contribution in [1.82, 2.24) is 9.55 Å². The number of benzene rings is 1. The monoisotopic (exact) mass is 309 g/mol. The molecule has 0 spiro atoms. The van der Waals surface area contributed by atoms with Gasteiger partial charge in [0, 0.05) is 5.56 Å². The number of ether oxygens (including phenoxy) is 1. The first-order valence-electron chi connectivity index (χ1n) is 5.99. The van der Waals surface area contributed by atoms with E-state index < -0.39 is 17.1 Å². The lowest BCUT2D eigenvalue weighted by atomic mass is 10.2. The van der Waals surface area contributed by atoms with E-state index >= 15 is 0 Å². The van der Waals surface area contributed by atoms with Gasteiger partial charge in [-0.2, -0.15) is 4.39 Å². The van der Waals surface area contributed by atoms with Gasteiger partial charge in [-0.3, -0.25) is 14.3 Å². The molecule has 0 unspecified atom stereocenters. The summed E-state index contributed by atoms with van der Waals surface area (Å²) in [7, 11) is 0. The van der Waals surface area contributed by atoms with Crippen LogP contribution in [-0.2, 0) is 6.54 Å². The van der Waals surface area contributed by atoms with Gasteiger partial charge in [0.1, 0.15) is 17.3 Å². The number of aromatic amines is 1. The van der Waals surface area contributed by atoms with Gasteiger partial charge in [-0.1, -0.05) is 24.4 Å². The fraction of sp³-hybridized carbons (Fsp3) is 0.154. The molecule has 2 rings (SSSR count). The Morgan fingerprint density at radius 1 is 1.43 bits per heavy atom. The van der Waals surface area contributed by atoms with Crippen LogP contribution in [0.4, 0.5) is 4.39 Å². The molecule has 3 N–H and O–H groups in total. The Labute approximate surface area is 124 Å². The molecule has 0 aliphatic rings. The summed E-state index contributed by atoms with van der Waals surface area (Å²) < 4.78 is 19.5. The molecular formula is C13H12FN3O3S. The number of aromatic nitrogens is 2. The molecule has 1 aromatic heterocycles. The maximum atomic E-state index is 13.1. The Bertz CT molecular complexity index is 785. The minimum Gasteiger partial charge on any atom is -0.492 e. The highest BCUT2D eigenvalue weighted by molar-refractivity contribution is 7.80. The molecule has 8 heteroatoms. The second-order valence-electron chi connectivity index (χ2n) is 4.17. The average molecular weight is 309 g/mol. The predicted molar refractivity (Wildman–Crippen MR) is 79.1 cm³/mol. The van der Waals surface area contributed by atoms with Gasteiger partial charge in [-0.25, -0.2) is 4.79 Å². The first kappa shape index (κ1) is 14.9. The zero-order valence-corrected chi connectivity index (χ0v) is 11.7. The van der Waals surface area contributed by atoms with Gasteiger partial charge in [-0.15, -0.1) is 0 Å². The molecule has 2 aromatic rings. The summed E-state index contributed by atoms with van der Waals surface area (Å²) in [5.41, 5.74) is 4.44. The normalized spacial score (nSPS) is 10.3. The van der Waals surface area contributed by atoms with Crippen molar-refractivity contribution in [2.24, 2.45) is 5.73 Å². The molecule has 0 saturated carbocycles. The first-order chi connectivity index (χ1) is 9.97. The van der Waals surface area contributed by atoms with E-state index in [4.69, 9.17) is 22.7 Å². The van der Waals surface area contributed by atoms with Crippen molar-refractivity contribution in [1.29, 1.82) is 0 Å². The van der Waals surface area contributed by atoms with E-state index in [2.05, 4.69) is 0 Å². The molecule has 0 saturated heterocycles. The van der Waals surface area contributed by atoms with Crippen molar-refractivity contribution in [3.63, 3.8) is 0 Å². The van der Waals surface area contributed by atoms with E-state index in [0.717, 1.165) is 10.8 Å². The number of H-pyrrole nitrogens is 1. The highest BCUT2D eigenvalue weighted by Crippen LogP contribution is 2.13. The molecule has 0 atom stereocenters. The number of nitrogens with one attached hydrogen (secondary N) is 1. The molecule has 21 heavy (non-hydrogen) atoms. The van der Waals surface area contributed by atoms with E-state index in [9.17, 15) is 14.0 Å². The van der Waals surface area contributed by atoms with Crippen LogP contribution in [-0.4, -0.2) is 21.1 Å². The zero-order valence-electron chi connectivity index (χ0n) is 10.8. The number of nitrogens with two attached hydrogens (primary N) is 1. The number of hydrogen-bond donors (Lipinski definition) is 2. The van der Waals surface area contributed by atoms with Gasteiger partial charge in [0.25, 0.3) is 5.56 Å². The second kappa shape index (κ2) is 6.31. The molecule has 6 nitrogen and oxygen atoms in total. The number of rotatable bonds is 5. The Hall–Kier alpha value is -2.48. The summed E-state index contributed by atoms with van der Waals surface area (Å²) in [6.45, 7) is 0.204. The third-order valence-electron chi connectivity index (χ3n) is 2.69. The van der Waals surface area contributed by atoms with Gasteiger partial charge in [-0.05, 0) is 12.1 Å². The minimum absolute atomic E-state index is 0.0871. The van der Waals surface area contributed by atoms with Crippen molar-refractivity contribution in [3.05, 3.63) is 62.7 Å². The average Bonchev–Trinajstić information content (AvgIpc) is 2.44. The summed E-state index contributed by atoms with van der Waals surface area (Å²) in [5, 5.41) is 0. The van der Waals surface area contributed by atoms with Crippen LogP contribution in [0.5, 0.6) is 5.75 Å². The van der Waals surface area contributed by atoms with Crippen LogP contribution < -0.4 is 21.7 Å². The highest BCUT2D eigenvalue weighted by Gasteiger charge is 2.04. The predicted octanol–water partition coefficient (Wildman–Crippen LogP) is 0.389. The highest BCUT2D eigenvalue weighted by atomic mass is 32.1. The van der Waals surface area contributed by atoms with Crippen LogP contribution in [0, 0.1) is 5.82 Å². The van der Waals surface area contributed by atoms with Crippen molar-refractivity contribution in [2.75, 3.05) is 6.61 Å². The van der Waals surface area contributed by atoms with E-state index in [1.807, 2.05) is 4.98 Å². The van der Waals surface area contributed by atoms with Gasteiger partial charge >= 0.3 is 5.69 Å². The van der Waals surface area contributed by atoms with Crippen LogP contribution >= 0.6 is 12.2 Å². The molecule has 0 amide bonds. The summed E-state index contributed by atoms with van der Waals surface area (Å²) in [6, 6.07) is 6.85. The van der Waals surface area contributed by atoms with Crippen LogP contribution in [0.3, 0.4) is 0 Å². The van der Waals surface area contributed by atoms with E-state index in [1.54, 1.807) is 24.3 Å². The van der Waals surface area contributed by atoms with Crippen LogP contribution in [0.25, 0.3) is 0 Å². The number of halogens is 1. The molecule has 0 aliphatic heterocycles. The smallest absolute Gasteiger partial charge is 0.328 e. The maximum Gasteiger partial charge on any atom is 0.328 e. The van der Waals surface area contributed by atoms with E-state index in [0.29, 0.717) is 11.3 Å². The fourth-order valence-electron chi connectivity index (χ4n) is 1.65. The molecule has 1 aromatic carbocycles. The molecule has 0 fully saturated rings. The lowest BCUT2D eigenvalue weighted by Crippen LogP contribution is -2.32. The van der Waals surface area contributed by atoms with Gasteiger partial charge in [0.2, 0.25) is 5.82 Å². The van der Waals surface area contributed by atoms with Gasteiger partial charge < -0.3 is 10.5 Å². The van der Waals surface area contributed by atoms with Crippen molar-refractivity contribution >= 4 is 17.2 Å². The summed E-state index contributed by atoms with van der Waals surface area (Å²) in [5.74, 6) is -0.497. The molecule has 1 heterocycles. The molecule has 0 bridgehead atoms. The quantitative estimate of drug-likeness (QED) is 0.780. The SMILES string of the molecule is NC(=S)c1cccc(OCCn2cc(F)c(=O)[nH]c2=O)c1. The molecule has 0 aliphatic carbocycles. The summed E-state index contributed by atoms with van der Waals surface area (Å²) >= 11 is 4.86. The molecule has 0 radical (unpaired) electrons. The Balaban J connectivity index is 2.03. The van der Waals surface area contributed by atoms with E-state index in [-0.39, 0.29) is 18.1 Å². The lowest BCUT2D eigenvalue weighted by molar-refractivity contribution is 0.294. The lowest BCUT2D eigenvalue weighted by Gasteiger charge is -2.09. The van der Waals surface area contributed by atoms with Crippen molar-refractivity contribution < 1.29 is 9.13 Å². The third-order valence-corrected chi connectivity index (χ3v) is 2.92. The number of hydrogen-bond acceptors (Lipinski definition) is 4. The number of nitrogens with zero attached hydrogens (tertiary/aromatic N) is 1. The fourth-order valence-corrected chi connectivity index (χ4v) is 1.78. The topological polar surface area (TPSA) is 90.1 Å². The van der Waals surface area contributed by atoms with Crippen LogP contribution in [0.2, 0.25) is 0 Å². The summed E-state index contributed by atoms with van der Waals surface area (Å²) in [6.07, 6.45) is 0.843. The second-order valence-corrected chi connectivity index (χ2v) is 4.61. The minimum atomic E-state index is -1.04. The largest absolute Gasteiger partial charge is 0.492 e. The Kier molecular flexibility index (Phi) is 4.49. The first-order valence-corrected chi connectivity index (χ1v) is 6.40. The van der Waals surface area contributed by atoms with E-state index in [1.165, 1.54) is 0 Å². The Morgan fingerprint density at radius 3 is 2.90 bits per heavy atom. The molecular weight excluding hydrogens is 297 g/mol.